The SMILES string of the molecule is COc1ccc(C[NH+](C)CC(=O)N[C@H](C)c2ccc(Cl)cc2Cl)cc1. The molecule has 2 rings (SSSR count). The van der Waals surface area contributed by atoms with Crippen molar-refractivity contribution in [3.63, 3.8) is 0 Å². The molecule has 0 saturated heterocycles. The summed E-state index contributed by atoms with van der Waals surface area (Å²) in [5.41, 5.74) is 2.01. The number of carbonyl (C=O) groups excluding carboxylic acids is 1. The van der Waals surface area contributed by atoms with Crippen LogP contribution in [0.5, 0.6) is 5.75 Å². The predicted octanol–water partition coefficient (Wildman–Crippen LogP) is 2.89. The van der Waals surface area contributed by atoms with Crippen LogP contribution in [0.4, 0.5) is 0 Å². The minimum atomic E-state index is -0.175. The molecule has 1 unspecified atom stereocenters. The van der Waals surface area contributed by atoms with E-state index in [0.29, 0.717) is 16.6 Å². The van der Waals surface area contributed by atoms with Gasteiger partial charge in [0.05, 0.1) is 20.2 Å². The van der Waals surface area contributed by atoms with Gasteiger partial charge in [-0.15, -0.1) is 0 Å². The molecule has 0 aliphatic heterocycles. The highest BCUT2D eigenvalue weighted by atomic mass is 35.5. The first-order valence-corrected chi connectivity index (χ1v) is 8.83. The second-order valence-corrected chi connectivity index (χ2v) is 6.96. The Morgan fingerprint density at radius 2 is 1.88 bits per heavy atom. The van der Waals surface area contributed by atoms with E-state index in [0.717, 1.165) is 28.3 Å². The van der Waals surface area contributed by atoms with Crippen molar-refractivity contribution in [2.24, 2.45) is 0 Å². The van der Waals surface area contributed by atoms with E-state index in [1.807, 2.05) is 44.3 Å². The summed E-state index contributed by atoms with van der Waals surface area (Å²) >= 11 is 12.1. The molecule has 2 N–H and O–H groups in total. The highest BCUT2D eigenvalue weighted by Gasteiger charge is 2.16. The van der Waals surface area contributed by atoms with E-state index < -0.39 is 0 Å². The standard InChI is InChI=1S/C19H22Cl2N2O2/c1-13(17-9-6-15(20)10-18(17)21)22-19(24)12-23(2)11-14-4-7-16(25-3)8-5-14/h4-10,13H,11-12H2,1-3H3,(H,22,24)/p+1/t13-/m1/s1. The Balaban J connectivity index is 1.87. The molecule has 1 amide bonds. The van der Waals surface area contributed by atoms with Crippen LogP contribution >= 0.6 is 23.2 Å². The van der Waals surface area contributed by atoms with E-state index >= 15 is 0 Å². The van der Waals surface area contributed by atoms with Crippen molar-refractivity contribution in [2.75, 3.05) is 20.7 Å². The van der Waals surface area contributed by atoms with E-state index in [1.54, 1.807) is 19.2 Å². The van der Waals surface area contributed by atoms with Crippen molar-refractivity contribution in [1.82, 2.24) is 5.32 Å². The van der Waals surface area contributed by atoms with Crippen LogP contribution in [0.15, 0.2) is 42.5 Å². The van der Waals surface area contributed by atoms with Crippen molar-refractivity contribution < 1.29 is 14.4 Å². The smallest absolute Gasteiger partial charge is 0.275 e. The fourth-order valence-corrected chi connectivity index (χ4v) is 3.22. The fraction of sp³-hybridized carbons (Fsp3) is 0.316. The molecule has 0 spiro atoms. The summed E-state index contributed by atoms with van der Waals surface area (Å²) in [5.74, 6) is 0.803. The van der Waals surface area contributed by atoms with Gasteiger partial charge in [-0.1, -0.05) is 29.3 Å². The van der Waals surface area contributed by atoms with Crippen molar-refractivity contribution >= 4 is 29.1 Å². The fourth-order valence-electron chi connectivity index (χ4n) is 2.65. The van der Waals surface area contributed by atoms with Gasteiger partial charge in [-0.3, -0.25) is 4.79 Å². The number of ether oxygens (including phenoxy) is 1. The lowest BCUT2D eigenvalue weighted by molar-refractivity contribution is -0.885. The van der Waals surface area contributed by atoms with Crippen molar-refractivity contribution in [3.05, 3.63) is 63.6 Å². The van der Waals surface area contributed by atoms with Gasteiger partial charge < -0.3 is 15.0 Å². The molecular weight excluding hydrogens is 359 g/mol. The third-order valence-electron chi connectivity index (χ3n) is 3.93. The van der Waals surface area contributed by atoms with Gasteiger partial charge in [0, 0.05) is 15.6 Å². The summed E-state index contributed by atoms with van der Waals surface area (Å²) in [5, 5.41) is 4.12. The van der Waals surface area contributed by atoms with Gasteiger partial charge in [-0.2, -0.15) is 0 Å². The number of nitrogens with one attached hydrogen (secondary N) is 2. The second-order valence-electron chi connectivity index (χ2n) is 6.11. The molecule has 134 valence electrons. The third-order valence-corrected chi connectivity index (χ3v) is 4.50. The molecule has 0 aliphatic rings. The maximum absolute atomic E-state index is 12.3. The molecule has 0 fully saturated rings. The highest BCUT2D eigenvalue weighted by molar-refractivity contribution is 6.35. The van der Waals surface area contributed by atoms with Crippen LogP contribution in [0, 0.1) is 0 Å². The van der Waals surface area contributed by atoms with Crippen molar-refractivity contribution in [3.8, 4) is 5.75 Å². The summed E-state index contributed by atoms with van der Waals surface area (Å²) in [6, 6.07) is 13.0. The molecule has 0 aromatic heterocycles. The quantitative estimate of drug-likeness (QED) is 0.774. The number of quaternary nitrogens is 1. The van der Waals surface area contributed by atoms with Crippen LogP contribution in [-0.4, -0.2) is 26.6 Å². The van der Waals surface area contributed by atoms with E-state index in [2.05, 4.69) is 5.32 Å². The molecule has 0 heterocycles. The summed E-state index contributed by atoms with van der Waals surface area (Å²) in [7, 11) is 3.63. The van der Waals surface area contributed by atoms with Crippen LogP contribution in [0.1, 0.15) is 24.1 Å². The Labute approximate surface area is 158 Å². The zero-order chi connectivity index (χ0) is 18.4. The molecule has 0 bridgehead atoms. The number of halogens is 2. The Bertz CT molecular complexity index is 720. The first-order chi connectivity index (χ1) is 11.9. The summed E-state index contributed by atoms with van der Waals surface area (Å²) in [4.78, 5) is 13.4. The first-order valence-electron chi connectivity index (χ1n) is 8.07. The van der Waals surface area contributed by atoms with Gasteiger partial charge in [0.15, 0.2) is 6.54 Å². The van der Waals surface area contributed by atoms with Gasteiger partial charge >= 0.3 is 0 Å². The monoisotopic (exact) mass is 381 g/mol. The second kappa shape index (κ2) is 9.09. The van der Waals surface area contributed by atoms with Crippen LogP contribution in [-0.2, 0) is 11.3 Å². The topological polar surface area (TPSA) is 42.8 Å². The van der Waals surface area contributed by atoms with Crippen LogP contribution in [0.25, 0.3) is 0 Å². The Morgan fingerprint density at radius 1 is 1.20 bits per heavy atom. The minimum absolute atomic E-state index is 0.0236. The number of carbonyl (C=O) groups is 1. The number of rotatable bonds is 7. The molecule has 6 heteroatoms. The Hall–Kier alpha value is -1.75. The lowest BCUT2D eigenvalue weighted by atomic mass is 10.1. The zero-order valence-corrected chi connectivity index (χ0v) is 16.1. The van der Waals surface area contributed by atoms with Gasteiger partial charge in [0.1, 0.15) is 12.3 Å². The van der Waals surface area contributed by atoms with Crippen LogP contribution in [0.3, 0.4) is 0 Å². The van der Waals surface area contributed by atoms with E-state index in [4.69, 9.17) is 27.9 Å². The molecular formula is C19H23Cl2N2O2+. The Morgan fingerprint density at radius 3 is 2.48 bits per heavy atom. The van der Waals surface area contributed by atoms with Gasteiger partial charge in [0.25, 0.3) is 5.91 Å². The molecule has 2 atom stereocenters. The molecule has 0 radical (unpaired) electrons. The minimum Gasteiger partial charge on any atom is -0.497 e. The van der Waals surface area contributed by atoms with Crippen molar-refractivity contribution in [2.45, 2.75) is 19.5 Å². The lowest BCUT2D eigenvalue weighted by Crippen LogP contribution is -3.08. The zero-order valence-electron chi connectivity index (χ0n) is 14.6. The average molecular weight is 382 g/mol. The maximum Gasteiger partial charge on any atom is 0.275 e. The number of amides is 1. The Kier molecular flexibility index (Phi) is 7.12. The van der Waals surface area contributed by atoms with E-state index in [1.165, 1.54) is 0 Å². The molecule has 0 aliphatic carbocycles. The largest absolute Gasteiger partial charge is 0.497 e. The summed E-state index contributed by atoms with van der Waals surface area (Å²) in [6.45, 7) is 3.04. The number of hydrogen-bond acceptors (Lipinski definition) is 2. The van der Waals surface area contributed by atoms with Gasteiger partial charge in [-0.25, -0.2) is 0 Å². The van der Waals surface area contributed by atoms with Gasteiger partial charge in [-0.05, 0) is 48.9 Å². The lowest BCUT2D eigenvalue weighted by Gasteiger charge is -2.18. The molecule has 25 heavy (non-hydrogen) atoms. The number of hydrogen-bond donors (Lipinski definition) is 2. The van der Waals surface area contributed by atoms with E-state index in [9.17, 15) is 4.79 Å². The normalized spacial score (nSPS) is 13.2. The molecule has 0 saturated carbocycles. The number of benzene rings is 2. The van der Waals surface area contributed by atoms with Crippen LogP contribution < -0.4 is 15.0 Å². The highest BCUT2D eigenvalue weighted by Crippen LogP contribution is 2.25. The van der Waals surface area contributed by atoms with Crippen molar-refractivity contribution in [1.29, 1.82) is 0 Å². The number of methoxy groups -OCH3 is 1. The van der Waals surface area contributed by atoms with Crippen LogP contribution in [0.2, 0.25) is 10.0 Å². The van der Waals surface area contributed by atoms with E-state index in [-0.39, 0.29) is 11.9 Å². The summed E-state index contributed by atoms with van der Waals surface area (Å²) < 4.78 is 5.15. The molecule has 2 aromatic rings. The third kappa shape index (κ3) is 5.92. The van der Waals surface area contributed by atoms with Gasteiger partial charge in [0.2, 0.25) is 0 Å². The number of likely N-dealkylation sites (N-methyl/N-ethyl adjacent to an activating group) is 1. The predicted molar refractivity (Wildman–Crippen MR) is 101 cm³/mol. The maximum atomic E-state index is 12.3. The average Bonchev–Trinajstić information content (AvgIpc) is 2.55. The first kappa shape index (κ1) is 19.6. The molecule has 2 aromatic carbocycles. The molecule has 4 nitrogen and oxygen atoms in total. The summed E-state index contributed by atoms with van der Waals surface area (Å²) in [6.07, 6.45) is 0.